The maximum absolute atomic E-state index is 12.4. The van der Waals surface area contributed by atoms with Crippen LogP contribution in [-0.2, 0) is 4.74 Å². The number of hydrogen-bond donors (Lipinski definition) is 0. The van der Waals surface area contributed by atoms with Gasteiger partial charge in [0.05, 0.1) is 11.7 Å². The summed E-state index contributed by atoms with van der Waals surface area (Å²) in [6.07, 6.45) is 1.57. The van der Waals surface area contributed by atoms with Crippen molar-refractivity contribution in [3.8, 4) is 5.75 Å². The van der Waals surface area contributed by atoms with Gasteiger partial charge in [0.2, 0.25) is 0 Å². The van der Waals surface area contributed by atoms with Crippen molar-refractivity contribution in [2.45, 2.75) is 46.3 Å². The smallest absolute Gasteiger partial charge is 0.410 e. The third-order valence-corrected chi connectivity index (χ3v) is 5.25. The Hall–Kier alpha value is -2.05. The van der Waals surface area contributed by atoms with Crippen LogP contribution in [0.4, 0.5) is 4.79 Å². The Labute approximate surface area is 178 Å². The first-order valence-corrected chi connectivity index (χ1v) is 10.4. The van der Waals surface area contributed by atoms with Crippen LogP contribution in [0.5, 0.6) is 5.75 Å². The Morgan fingerprint density at radius 2 is 1.97 bits per heavy atom. The van der Waals surface area contributed by atoms with Crippen LogP contribution in [0.2, 0.25) is 5.02 Å². The highest BCUT2D eigenvalue weighted by molar-refractivity contribution is 6.30. The Bertz CT molecular complexity index is 821. The highest BCUT2D eigenvalue weighted by Gasteiger charge is 2.34. The molecule has 1 fully saturated rings. The number of carbonyl (C=O) groups is 1. The maximum atomic E-state index is 12.4. The van der Waals surface area contributed by atoms with Crippen LogP contribution < -0.4 is 4.74 Å². The monoisotopic (exact) mass is 419 g/mol. The number of aliphatic imine (C=N–C) groups is 1. The minimum absolute atomic E-state index is 0.0400. The Morgan fingerprint density at radius 3 is 2.59 bits per heavy atom. The molecule has 29 heavy (non-hydrogen) atoms. The quantitative estimate of drug-likeness (QED) is 0.652. The van der Waals surface area contributed by atoms with Gasteiger partial charge in [-0.3, -0.25) is 9.89 Å². The van der Waals surface area contributed by atoms with Crippen LogP contribution in [-0.4, -0.2) is 60.5 Å². The number of piperazine rings is 1. The number of carbonyl (C=O) groups excluding carboxylic acids is 1. The molecule has 0 unspecified atom stereocenters. The summed E-state index contributed by atoms with van der Waals surface area (Å²) in [5.74, 6) is 0.790. The fourth-order valence-corrected chi connectivity index (χ4v) is 3.84. The van der Waals surface area contributed by atoms with Gasteiger partial charge in [-0.25, -0.2) is 4.79 Å². The molecule has 0 radical (unpaired) electrons. The maximum Gasteiger partial charge on any atom is 0.410 e. The summed E-state index contributed by atoms with van der Waals surface area (Å²) < 4.78 is 11.6. The zero-order valence-electron chi connectivity index (χ0n) is 17.9. The lowest BCUT2D eigenvalue weighted by Gasteiger charge is -2.40. The molecule has 2 aliphatic rings. The first-order valence-electron chi connectivity index (χ1n) is 10.0. The van der Waals surface area contributed by atoms with Gasteiger partial charge in [-0.05, 0) is 52.3 Å². The molecule has 1 aromatic carbocycles. The molecule has 158 valence electrons. The van der Waals surface area contributed by atoms with E-state index in [0.717, 1.165) is 35.7 Å². The molecule has 0 spiro atoms. The molecular weight excluding hydrogens is 390 g/mol. The van der Waals surface area contributed by atoms with Gasteiger partial charge in [-0.1, -0.05) is 17.7 Å². The molecule has 1 aromatic rings. The van der Waals surface area contributed by atoms with Crippen molar-refractivity contribution in [1.29, 1.82) is 0 Å². The van der Waals surface area contributed by atoms with E-state index in [-0.39, 0.29) is 12.1 Å². The first kappa shape index (κ1) is 21.7. The number of rotatable bonds is 2. The lowest BCUT2D eigenvalue weighted by molar-refractivity contribution is 0.0117. The number of fused-ring (bicyclic) bond motifs is 1. The predicted octanol–water partition coefficient (Wildman–Crippen LogP) is 4.69. The molecule has 0 saturated carbocycles. The number of benzene rings is 1. The van der Waals surface area contributed by atoms with E-state index in [0.29, 0.717) is 24.7 Å². The van der Waals surface area contributed by atoms with E-state index in [1.165, 1.54) is 0 Å². The van der Waals surface area contributed by atoms with E-state index in [4.69, 9.17) is 26.1 Å². The minimum Gasteiger partial charge on any atom is -0.489 e. The highest BCUT2D eigenvalue weighted by Crippen LogP contribution is 2.40. The fourth-order valence-electron chi connectivity index (χ4n) is 3.68. The molecule has 0 aliphatic carbocycles. The van der Waals surface area contributed by atoms with E-state index in [9.17, 15) is 4.79 Å². The van der Waals surface area contributed by atoms with E-state index in [1.54, 1.807) is 4.90 Å². The van der Waals surface area contributed by atoms with Crippen molar-refractivity contribution in [3.63, 3.8) is 0 Å². The SMILES string of the molecule is CC=NC1=C(C)COc2cc(Cl)ccc2[C@H]1N1CCN(C(=O)OC(C)(C)C)CC1. The van der Waals surface area contributed by atoms with Crippen molar-refractivity contribution in [2.75, 3.05) is 32.8 Å². The Kier molecular flexibility index (Phi) is 6.54. The van der Waals surface area contributed by atoms with Crippen LogP contribution in [0.15, 0.2) is 34.5 Å². The van der Waals surface area contributed by atoms with Gasteiger partial charge in [-0.2, -0.15) is 0 Å². The van der Waals surface area contributed by atoms with Crippen LogP contribution >= 0.6 is 11.6 Å². The molecule has 1 saturated heterocycles. The van der Waals surface area contributed by atoms with Crippen molar-refractivity contribution in [1.82, 2.24) is 9.80 Å². The number of nitrogens with zero attached hydrogens (tertiary/aromatic N) is 3. The molecule has 0 aromatic heterocycles. The van der Waals surface area contributed by atoms with E-state index < -0.39 is 5.60 Å². The summed E-state index contributed by atoms with van der Waals surface area (Å²) >= 11 is 6.21. The summed E-state index contributed by atoms with van der Waals surface area (Å²) in [5.41, 5.74) is 2.65. The molecule has 2 aliphatic heterocycles. The molecule has 1 amide bonds. The summed E-state index contributed by atoms with van der Waals surface area (Å²) in [5, 5.41) is 0.650. The molecule has 6 nitrogen and oxygen atoms in total. The lowest BCUT2D eigenvalue weighted by Crippen LogP contribution is -2.51. The second-order valence-electron chi connectivity index (χ2n) is 8.43. The van der Waals surface area contributed by atoms with Gasteiger partial charge in [0.15, 0.2) is 0 Å². The third kappa shape index (κ3) is 5.11. The normalized spacial score (nSPS) is 21.0. The summed E-state index contributed by atoms with van der Waals surface area (Å²) in [7, 11) is 0. The fraction of sp³-hybridized carbons (Fsp3) is 0.545. The van der Waals surface area contributed by atoms with Crippen molar-refractivity contribution < 1.29 is 14.3 Å². The second kappa shape index (κ2) is 8.76. The minimum atomic E-state index is -0.492. The van der Waals surface area contributed by atoms with Gasteiger partial charge in [0.25, 0.3) is 0 Å². The number of ether oxygens (including phenoxy) is 2. The molecule has 0 N–H and O–H groups in total. The van der Waals surface area contributed by atoms with E-state index >= 15 is 0 Å². The van der Waals surface area contributed by atoms with Gasteiger partial charge >= 0.3 is 6.09 Å². The second-order valence-corrected chi connectivity index (χ2v) is 8.87. The zero-order valence-corrected chi connectivity index (χ0v) is 18.6. The average molecular weight is 420 g/mol. The van der Waals surface area contributed by atoms with Gasteiger partial charge in [0.1, 0.15) is 18.0 Å². The summed E-state index contributed by atoms with van der Waals surface area (Å²) in [6.45, 7) is 12.8. The molecule has 3 rings (SSSR count). The highest BCUT2D eigenvalue weighted by atomic mass is 35.5. The molecule has 1 atom stereocenters. The third-order valence-electron chi connectivity index (χ3n) is 5.01. The lowest BCUT2D eigenvalue weighted by atomic mass is 9.98. The van der Waals surface area contributed by atoms with Crippen molar-refractivity contribution in [2.24, 2.45) is 4.99 Å². The Morgan fingerprint density at radius 1 is 1.28 bits per heavy atom. The van der Waals surface area contributed by atoms with Gasteiger partial charge < -0.3 is 14.4 Å². The first-order chi connectivity index (χ1) is 13.7. The van der Waals surface area contributed by atoms with Gasteiger partial charge in [0, 0.05) is 43.0 Å². The van der Waals surface area contributed by atoms with Crippen molar-refractivity contribution >= 4 is 23.9 Å². The van der Waals surface area contributed by atoms with E-state index in [2.05, 4.69) is 11.8 Å². The molecule has 7 heteroatoms. The number of hydrogen-bond acceptors (Lipinski definition) is 5. The van der Waals surface area contributed by atoms with Gasteiger partial charge in [-0.15, -0.1) is 0 Å². The molecular formula is C22H30ClN3O3. The van der Waals surface area contributed by atoms with E-state index in [1.807, 2.05) is 52.1 Å². The predicted molar refractivity (Wildman–Crippen MR) is 116 cm³/mol. The van der Waals surface area contributed by atoms with Crippen LogP contribution in [0.1, 0.15) is 46.2 Å². The standard InChI is InChI=1S/C22H30ClN3O3/c1-6-24-19-15(2)14-28-18-13-16(23)7-8-17(18)20(19)25-9-11-26(12-10-25)21(27)29-22(3,4)5/h6-8,13,20H,9-12,14H2,1-5H3/t20-/m1/s1. The van der Waals surface area contributed by atoms with Crippen LogP contribution in [0.3, 0.4) is 0 Å². The zero-order chi connectivity index (χ0) is 21.2. The van der Waals surface area contributed by atoms with Crippen LogP contribution in [0, 0.1) is 0 Å². The molecule has 0 bridgehead atoms. The largest absolute Gasteiger partial charge is 0.489 e. The number of amides is 1. The number of halogens is 1. The Balaban J connectivity index is 1.85. The van der Waals surface area contributed by atoms with Crippen LogP contribution in [0.25, 0.3) is 0 Å². The summed E-state index contributed by atoms with van der Waals surface area (Å²) in [6, 6.07) is 5.74. The molecule has 2 heterocycles. The average Bonchev–Trinajstić information content (AvgIpc) is 2.78. The van der Waals surface area contributed by atoms with Crippen molar-refractivity contribution in [3.05, 3.63) is 40.1 Å². The summed E-state index contributed by atoms with van der Waals surface area (Å²) in [4.78, 5) is 21.3. The topological polar surface area (TPSA) is 54.4 Å².